The Hall–Kier alpha value is -0.810. The summed E-state index contributed by atoms with van der Waals surface area (Å²) in [5, 5.41) is 0. The molecule has 5 heteroatoms. The Balaban J connectivity index is 1.81. The Labute approximate surface area is 122 Å². The summed E-state index contributed by atoms with van der Waals surface area (Å²) in [7, 11) is 4.25. The van der Waals surface area contributed by atoms with Crippen molar-refractivity contribution in [3.05, 3.63) is 0 Å². The van der Waals surface area contributed by atoms with E-state index in [0.29, 0.717) is 5.92 Å². The number of nitrogens with zero attached hydrogens (tertiary/aromatic N) is 3. The fourth-order valence-corrected chi connectivity index (χ4v) is 3.16. The molecule has 2 fully saturated rings. The highest BCUT2D eigenvalue weighted by Crippen LogP contribution is 2.32. The molecule has 2 rings (SSSR count). The standard InChI is InChI=1S/C15H29N3O2/c1-13(2)11-17(4)9-10-18-12-15(20-14(18)19)5-7-16(3)8-6-15/h13H,5-12H2,1-4H3. The van der Waals surface area contributed by atoms with E-state index in [1.165, 1.54) is 0 Å². The van der Waals surface area contributed by atoms with E-state index in [2.05, 4.69) is 37.7 Å². The van der Waals surface area contributed by atoms with E-state index >= 15 is 0 Å². The average Bonchev–Trinajstić information content (AvgIpc) is 2.67. The predicted molar refractivity (Wildman–Crippen MR) is 79.9 cm³/mol. The van der Waals surface area contributed by atoms with Gasteiger partial charge in [-0.1, -0.05) is 13.8 Å². The second kappa shape index (κ2) is 6.31. The van der Waals surface area contributed by atoms with Crippen LogP contribution in [0.25, 0.3) is 0 Å². The Morgan fingerprint density at radius 2 is 2.00 bits per heavy atom. The number of piperidine rings is 1. The zero-order valence-corrected chi connectivity index (χ0v) is 13.4. The van der Waals surface area contributed by atoms with Crippen molar-refractivity contribution in [3.63, 3.8) is 0 Å². The number of hydrogen-bond acceptors (Lipinski definition) is 4. The van der Waals surface area contributed by atoms with Crippen molar-refractivity contribution in [2.24, 2.45) is 5.92 Å². The van der Waals surface area contributed by atoms with Gasteiger partial charge in [0, 0.05) is 45.6 Å². The van der Waals surface area contributed by atoms with Crippen LogP contribution < -0.4 is 0 Å². The van der Waals surface area contributed by atoms with Gasteiger partial charge in [0.1, 0.15) is 5.60 Å². The summed E-state index contributed by atoms with van der Waals surface area (Å²) < 4.78 is 5.71. The average molecular weight is 283 g/mol. The molecule has 0 bridgehead atoms. The normalized spacial score (nSPS) is 23.1. The largest absolute Gasteiger partial charge is 0.441 e. The van der Waals surface area contributed by atoms with Crippen LogP contribution in [0.4, 0.5) is 4.79 Å². The molecule has 0 aromatic carbocycles. The fraction of sp³-hybridized carbons (Fsp3) is 0.933. The Morgan fingerprint density at radius 1 is 1.35 bits per heavy atom. The zero-order valence-electron chi connectivity index (χ0n) is 13.4. The molecule has 0 N–H and O–H groups in total. The van der Waals surface area contributed by atoms with E-state index in [-0.39, 0.29) is 11.7 Å². The Kier molecular flexibility index (Phi) is 4.91. The SMILES string of the molecule is CC(C)CN(C)CCN1CC2(CCN(C)CC2)OC1=O. The van der Waals surface area contributed by atoms with Gasteiger partial charge in [-0.2, -0.15) is 0 Å². The first-order valence-corrected chi connectivity index (χ1v) is 7.75. The molecule has 0 aromatic heterocycles. The Morgan fingerprint density at radius 3 is 2.60 bits per heavy atom. The monoisotopic (exact) mass is 283 g/mol. The lowest BCUT2D eigenvalue weighted by atomic mass is 9.91. The second-order valence-corrected chi connectivity index (χ2v) is 6.93. The van der Waals surface area contributed by atoms with Gasteiger partial charge in [0.15, 0.2) is 0 Å². The number of ether oxygens (including phenoxy) is 1. The number of hydrogen-bond donors (Lipinski definition) is 0. The highest BCUT2D eigenvalue weighted by molar-refractivity contribution is 5.70. The topological polar surface area (TPSA) is 36.0 Å². The highest BCUT2D eigenvalue weighted by atomic mass is 16.6. The number of likely N-dealkylation sites (N-methyl/N-ethyl adjacent to an activating group) is 1. The van der Waals surface area contributed by atoms with E-state index in [9.17, 15) is 4.79 Å². The van der Waals surface area contributed by atoms with Crippen molar-refractivity contribution >= 4 is 6.09 Å². The summed E-state index contributed by atoms with van der Waals surface area (Å²) >= 11 is 0. The van der Waals surface area contributed by atoms with Crippen molar-refractivity contribution < 1.29 is 9.53 Å². The second-order valence-electron chi connectivity index (χ2n) is 6.93. The van der Waals surface area contributed by atoms with Gasteiger partial charge in [0.25, 0.3) is 0 Å². The van der Waals surface area contributed by atoms with Crippen LogP contribution in [0.3, 0.4) is 0 Å². The van der Waals surface area contributed by atoms with E-state index in [4.69, 9.17) is 4.74 Å². The van der Waals surface area contributed by atoms with Gasteiger partial charge < -0.3 is 19.4 Å². The molecule has 2 aliphatic heterocycles. The molecular formula is C15H29N3O2. The molecule has 1 spiro atoms. The summed E-state index contributed by atoms with van der Waals surface area (Å²) in [5.74, 6) is 0.658. The molecule has 5 nitrogen and oxygen atoms in total. The number of likely N-dealkylation sites (tertiary alicyclic amines) is 1. The molecule has 2 heterocycles. The van der Waals surface area contributed by atoms with Crippen LogP contribution in [0.2, 0.25) is 0 Å². The summed E-state index contributed by atoms with van der Waals surface area (Å²) in [6.07, 6.45) is 1.81. The molecule has 0 radical (unpaired) electrons. The van der Waals surface area contributed by atoms with Crippen LogP contribution in [0.1, 0.15) is 26.7 Å². The van der Waals surface area contributed by atoms with E-state index in [1.54, 1.807) is 0 Å². The fourth-order valence-electron chi connectivity index (χ4n) is 3.16. The lowest BCUT2D eigenvalue weighted by Crippen LogP contribution is -2.46. The third-order valence-electron chi connectivity index (χ3n) is 4.37. The minimum Gasteiger partial charge on any atom is -0.441 e. The molecule has 2 aliphatic rings. The van der Waals surface area contributed by atoms with Gasteiger partial charge in [-0.15, -0.1) is 0 Å². The zero-order chi connectivity index (χ0) is 14.8. The molecule has 0 unspecified atom stereocenters. The first-order valence-electron chi connectivity index (χ1n) is 7.75. The summed E-state index contributed by atoms with van der Waals surface area (Å²) in [4.78, 5) is 18.5. The molecular weight excluding hydrogens is 254 g/mol. The predicted octanol–water partition coefficient (Wildman–Crippen LogP) is 1.49. The maximum absolute atomic E-state index is 12.0. The quantitative estimate of drug-likeness (QED) is 0.766. The van der Waals surface area contributed by atoms with E-state index in [0.717, 1.165) is 52.1 Å². The molecule has 0 aromatic rings. The van der Waals surface area contributed by atoms with Gasteiger partial charge in [0.2, 0.25) is 0 Å². The van der Waals surface area contributed by atoms with Crippen molar-refractivity contribution in [3.8, 4) is 0 Å². The lowest BCUT2D eigenvalue weighted by Gasteiger charge is -2.35. The molecule has 0 saturated carbocycles. The van der Waals surface area contributed by atoms with Gasteiger partial charge in [-0.05, 0) is 20.0 Å². The maximum Gasteiger partial charge on any atom is 0.410 e. The number of carbonyl (C=O) groups excluding carboxylic acids is 1. The van der Waals surface area contributed by atoms with Crippen molar-refractivity contribution in [1.82, 2.24) is 14.7 Å². The third kappa shape index (κ3) is 3.85. The van der Waals surface area contributed by atoms with Gasteiger partial charge in [-0.3, -0.25) is 0 Å². The maximum atomic E-state index is 12.0. The van der Waals surface area contributed by atoms with Crippen LogP contribution in [0.5, 0.6) is 0 Å². The van der Waals surface area contributed by atoms with Gasteiger partial charge in [0.05, 0.1) is 6.54 Å². The minimum atomic E-state index is -0.208. The van der Waals surface area contributed by atoms with E-state index < -0.39 is 0 Å². The van der Waals surface area contributed by atoms with Crippen LogP contribution >= 0.6 is 0 Å². The van der Waals surface area contributed by atoms with Crippen LogP contribution in [-0.4, -0.2) is 79.8 Å². The van der Waals surface area contributed by atoms with Gasteiger partial charge in [-0.25, -0.2) is 4.79 Å². The number of rotatable bonds is 5. The van der Waals surface area contributed by atoms with E-state index in [1.807, 2.05) is 4.90 Å². The molecule has 116 valence electrons. The van der Waals surface area contributed by atoms with Gasteiger partial charge >= 0.3 is 6.09 Å². The van der Waals surface area contributed by atoms with Crippen LogP contribution in [-0.2, 0) is 4.74 Å². The van der Waals surface area contributed by atoms with Crippen LogP contribution in [0, 0.1) is 5.92 Å². The molecule has 0 atom stereocenters. The molecule has 20 heavy (non-hydrogen) atoms. The van der Waals surface area contributed by atoms with Crippen molar-refractivity contribution in [2.75, 3.05) is 53.4 Å². The summed E-state index contributed by atoms with van der Waals surface area (Å²) in [6, 6.07) is 0. The summed E-state index contributed by atoms with van der Waals surface area (Å²) in [6.45, 7) is 10.0. The van der Waals surface area contributed by atoms with Crippen molar-refractivity contribution in [2.45, 2.75) is 32.3 Å². The number of amides is 1. The Bertz CT molecular complexity index is 338. The first kappa shape index (κ1) is 15.6. The minimum absolute atomic E-state index is 0.118. The first-order chi connectivity index (χ1) is 9.40. The summed E-state index contributed by atoms with van der Waals surface area (Å²) in [5.41, 5.74) is -0.208. The number of carbonyl (C=O) groups is 1. The lowest BCUT2D eigenvalue weighted by molar-refractivity contribution is 0.00657. The smallest absolute Gasteiger partial charge is 0.410 e. The molecule has 0 aliphatic carbocycles. The third-order valence-corrected chi connectivity index (χ3v) is 4.37. The van der Waals surface area contributed by atoms with Crippen molar-refractivity contribution in [1.29, 1.82) is 0 Å². The highest BCUT2D eigenvalue weighted by Gasteiger charge is 2.46. The molecule has 2 saturated heterocycles. The van der Waals surface area contributed by atoms with Crippen LogP contribution in [0.15, 0.2) is 0 Å². The molecule has 1 amide bonds.